The van der Waals surface area contributed by atoms with Gasteiger partial charge in [0.25, 0.3) is 0 Å². The first-order valence-corrected chi connectivity index (χ1v) is 7.33. The van der Waals surface area contributed by atoms with Gasteiger partial charge in [-0.05, 0) is 38.0 Å². The van der Waals surface area contributed by atoms with Gasteiger partial charge in [0, 0.05) is 28.2 Å². The Kier molecular flexibility index (Phi) is 3.78. The van der Waals surface area contributed by atoms with Crippen molar-refractivity contribution in [1.82, 2.24) is 0 Å². The lowest BCUT2D eigenvalue weighted by Crippen LogP contribution is -2.09. The van der Waals surface area contributed by atoms with E-state index in [1.54, 1.807) is 0 Å². The highest BCUT2D eigenvalue weighted by molar-refractivity contribution is 5.89. The smallest absolute Gasteiger partial charge is 0.0423 e. The minimum Gasteiger partial charge on any atom is -0.398 e. The Bertz CT molecular complexity index is 697. The number of hydrogen-bond donors (Lipinski definition) is 2. The van der Waals surface area contributed by atoms with Gasteiger partial charge in [-0.15, -0.1) is 0 Å². The minimum atomic E-state index is 0.828. The summed E-state index contributed by atoms with van der Waals surface area (Å²) in [5.74, 6) is 0. The van der Waals surface area contributed by atoms with Crippen molar-refractivity contribution in [3.05, 3.63) is 77.5 Å². The zero-order chi connectivity index (χ0) is 14.7. The molecule has 1 aliphatic carbocycles. The van der Waals surface area contributed by atoms with Gasteiger partial charge in [0.2, 0.25) is 0 Å². The zero-order valence-electron chi connectivity index (χ0n) is 12.3. The molecule has 0 atom stereocenters. The van der Waals surface area contributed by atoms with Crippen LogP contribution in [0.1, 0.15) is 25.3 Å². The maximum absolute atomic E-state index is 6.18. The standard InChI is InChI=1S/C19H20N2/c1-14-8-7-13-18(21-15-9-3-2-4-10-15)19(14)16-11-5-6-12-17(16)20/h2-6,9-13,21H,7-8,20H2,1H3. The number of benzene rings is 2. The molecule has 2 aromatic rings. The summed E-state index contributed by atoms with van der Waals surface area (Å²) in [5, 5.41) is 3.53. The predicted molar refractivity (Wildman–Crippen MR) is 90.8 cm³/mol. The van der Waals surface area contributed by atoms with Crippen molar-refractivity contribution in [2.45, 2.75) is 19.8 Å². The number of nitrogens with one attached hydrogen (secondary N) is 1. The van der Waals surface area contributed by atoms with Gasteiger partial charge in [-0.3, -0.25) is 0 Å². The fourth-order valence-electron chi connectivity index (χ4n) is 2.78. The minimum absolute atomic E-state index is 0.828. The number of nitrogens with two attached hydrogens (primary N) is 1. The van der Waals surface area contributed by atoms with E-state index in [2.05, 4.69) is 36.5 Å². The summed E-state index contributed by atoms with van der Waals surface area (Å²) in [5.41, 5.74) is 13.0. The largest absolute Gasteiger partial charge is 0.398 e. The average molecular weight is 276 g/mol. The first kappa shape index (κ1) is 13.5. The maximum Gasteiger partial charge on any atom is 0.0423 e. The van der Waals surface area contributed by atoms with Gasteiger partial charge in [0.05, 0.1) is 0 Å². The maximum atomic E-state index is 6.18. The van der Waals surface area contributed by atoms with Gasteiger partial charge in [-0.25, -0.2) is 0 Å². The highest BCUT2D eigenvalue weighted by Gasteiger charge is 2.17. The molecule has 0 amide bonds. The molecule has 0 fully saturated rings. The highest BCUT2D eigenvalue weighted by atomic mass is 14.9. The van der Waals surface area contributed by atoms with Crippen LogP contribution in [0.3, 0.4) is 0 Å². The van der Waals surface area contributed by atoms with Crippen LogP contribution in [0.4, 0.5) is 11.4 Å². The molecular weight excluding hydrogens is 256 g/mol. The molecule has 0 heterocycles. The molecule has 0 aromatic heterocycles. The SMILES string of the molecule is CC1=C(c2ccccc2N)C(Nc2ccccc2)=CCC1. The van der Waals surface area contributed by atoms with Crippen LogP contribution in [-0.4, -0.2) is 0 Å². The summed E-state index contributed by atoms with van der Waals surface area (Å²) in [6, 6.07) is 18.3. The van der Waals surface area contributed by atoms with Gasteiger partial charge in [-0.1, -0.05) is 48.0 Å². The monoisotopic (exact) mass is 276 g/mol. The van der Waals surface area contributed by atoms with Crippen molar-refractivity contribution in [2.24, 2.45) is 0 Å². The average Bonchev–Trinajstić information content (AvgIpc) is 2.50. The zero-order valence-corrected chi connectivity index (χ0v) is 12.3. The Hall–Kier alpha value is -2.48. The Morgan fingerprint density at radius 2 is 1.67 bits per heavy atom. The molecule has 3 rings (SSSR count). The summed E-state index contributed by atoms with van der Waals surface area (Å²) in [7, 11) is 0. The molecule has 21 heavy (non-hydrogen) atoms. The van der Waals surface area contributed by atoms with Crippen molar-refractivity contribution in [3.8, 4) is 0 Å². The first-order chi connectivity index (χ1) is 10.3. The van der Waals surface area contributed by atoms with E-state index in [1.807, 2.05) is 36.4 Å². The number of allylic oxidation sites excluding steroid dienone is 3. The lowest BCUT2D eigenvalue weighted by atomic mass is 9.89. The molecule has 0 aliphatic heterocycles. The van der Waals surface area contributed by atoms with E-state index in [4.69, 9.17) is 5.73 Å². The quantitative estimate of drug-likeness (QED) is 0.788. The molecule has 106 valence electrons. The second-order valence-electron chi connectivity index (χ2n) is 5.39. The topological polar surface area (TPSA) is 38.0 Å². The van der Waals surface area contributed by atoms with Crippen LogP contribution < -0.4 is 11.1 Å². The van der Waals surface area contributed by atoms with Crippen molar-refractivity contribution >= 4 is 16.9 Å². The third kappa shape index (κ3) is 2.84. The molecule has 0 radical (unpaired) electrons. The summed E-state index contributed by atoms with van der Waals surface area (Å²) in [6.45, 7) is 2.20. The molecule has 2 nitrogen and oxygen atoms in total. The molecule has 2 aromatic carbocycles. The second-order valence-corrected chi connectivity index (χ2v) is 5.39. The Morgan fingerprint density at radius 1 is 0.952 bits per heavy atom. The molecule has 0 saturated carbocycles. The predicted octanol–water partition coefficient (Wildman–Crippen LogP) is 4.83. The fraction of sp³-hybridized carbons (Fsp3) is 0.158. The summed E-state index contributed by atoms with van der Waals surface area (Å²) in [6.07, 6.45) is 4.42. The Labute approximate surface area is 126 Å². The van der Waals surface area contributed by atoms with E-state index in [1.165, 1.54) is 11.1 Å². The number of hydrogen-bond acceptors (Lipinski definition) is 2. The molecule has 2 heteroatoms. The van der Waals surface area contributed by atoms with Crippen LogP contribution in [0.5, 0.6) is 0 Å². The summed E-state index contributed by atoms with van der Waals surface area (Å²) in [4.78, 5) is 0. The lowest BCUT2D eigenvalue weighted by molar-refractivity contribution is 0.954. The van der Waals surface area contributed by atoms with Crippen LogP contribution in [0.2, 0.25) is 0 Å². The Balaban J connectivity index is 2.00. The highest BCUT2D eigenvalue weighted by Crippen LogP contribution is 2.36. The van der Waals surface area contributed by atoms with Crippen LogP contribution in [-0.2, 0) is 0 Å². The second kappa shape index (κ2) is 5.88. The van der Waals surface area contributed by atoms with E-state index in [0.717, 1.165) is 35.5 Å². The van der Waals surface area contributed by atoms with Gasteiger partial charge < -0.3 is 11.1 Å². The molecule has 1 aliphatic rings. The third-order valence-corrected chi connectivity index (χ3v) is 3.85. The lowest BCUT2D eigenvalue weighted by Gasteiger charge is -2.23. The van der Waals surface area contributed by atoms with Crippen LogP contribution in [0, 0.1) is 0 Å². The molecular formula is C19H20N2. The first-order valence-electron chi connectivity index (χ1n) is 7.33. The number of rotatable bonds is 3. The fourth-order valence-corrected chi connectivity index (χ4v) is 2.78. The van der Waals surface area contributed by atoms with Gasteiger partial charge in [0.1, 0.15) is 0 Å². The van der Waals surface area contributed by atoms with Gasteiger partial charge in [-0.2, -0.15) is 0 Å². The van der Waals surface area contributed by atoms with Crippen molar-refractivity contribution in [2.75, 3.05) is 11.1 Å². The van der Waals surface area contributed by atoms with Crippen molar-refractivity contribution in [1.29, 1.82) is 0 Å². The van der Waals surface area contributed by atoms with E-state index in [9.17, 15) is 0 Å². The van der Waals surface area contributed by atoms with Crippen molar-refractivity contribution < 1.29 is 0 Å². The van der Waals surface area contributed by atoms with Crippen LogP contribution in [0.15, 0.2) is 71.9 Å². The van der Waals surface area contributed by atoms with Gasteiger partial charge in [0.15, 0.2) is 0 Å². The Morgan fingerprint density at radius 3 is 2.43 bits per heavy atom. The van der Waals surface area contributed by atoms with Crippen molar-refractivity contribution in [3.63, 3.8) is 0 Å². The summed E-state index contributed by atoms with van der Waals surface area (Å²) < 4.78 is 0. The molecule has 0 saturated heterocycles. The van der Waals surface area contributed by atoms with E-state index in [-0.39, 0.29) is 0 Å². The van der Waals surface area contributed by atoms with E-state index < -0.39 is 0 Å². The molecule has 3 N–H and O–H groups in total. The number of para-hydroxylation sites is 2. The summed E-state index contributed by atoms with van der Waals surface area (Å²) >= 11 is 0. The van der Waals surface area contributed by atoms with E-state index in [0.29, 0.717) is 0 Å². The normalized spacial score (nSPS) is 14.8. The molecule has 0 bridgehead atoms. The van der Waals surface area contributed by atoms with Crippen LogP contribution in [0.25, 0.3) is 5.57 Å². The molecule has 0 unspecified atom stereocenters. The number of anilines is 2. The molecule has 0 spiro atoms. The van der Waals surface area contributed by atoms with Crippen LogP contribution >= 0.6 is 0 Å². The van der Waals surface area contributed by atoms with E-state index >= 15 is 0 Å². The number of nitrogen functional groups attached to an aromatic ring is 1. The third-order valence-electron chi connectivity index (χ3n) is 3.85. The van der Waals surface area contributed by atoms with Gasteiger partial charge >= 0.3 is 0 Å².